The number of benzene rings is 1. The lowest BCUT2D eigenvalue weighted by Crippen LogP contribution is -2.29. The van der Waals surface area contributed by atoms with E-state index in [2.05, 4.69) is 25.9 Å². The summed E-state index contributed by atoms with van der Waals surface area (Å²) in [6.07, 6.45) is 0. The Balaban J connectivity index is 2.23. The number of aromatic amines is 1. The summed E-state index contributed by atoms with van der Waals surface area (Å²) in [5, 5.41) is 15.7. The van der Waals surface area contributed by atoms with Gasteiger partial charge in [-0.05, 0) is 17.3 Å². The van der Waals surface area contributed by atoms with Crippen molar-refractivity contribution in [2.75, 3.05) is 5.32 Å². The van der Waals surface area contributed by atoms with Gasteiger partial charge in [0.1, 0.15) is 0 Å². The number of nitrogens with two attached hydrogens (primary N) is 1. The number of aromatic nitrogens is 4. The highest BCUT2D eigenvalue weighted by atomic mass is 16.2. The molecule has 4 N–H and O–H groups in total. The largest absolute Gasteiger partial charge is 0.361 e. The number of hydrogen-bond acceptors (Lipinski definition) is 5. The summed E-state index contributed by atoms with van der Waals surface area (Å²) < 4.78 is 0. The predicted molar refractivity (Wildman–Crippen MR) is 57.4 cm³/mol. The van der Waals surface area contributed by atoms with Crippen LogP contribution in [-0.4, -0.2) is 32.4 Å². The van der Waals surface area contributed by atoms with Crippen LogP contribution in [0, 0.1) is 0 Å². The van der Waals surface area contributed by atoms with Gasteiger partial charge in [0, 0.05) is 11.3 Å². The third-order valence-corrected chi connectivity index (χ3v) is 1.95. The summed E-state index contributed by atoms with van der Waals surface area (Å²) in [6.45, 7) is 0. The Kier molecular flexibility index (Phi) is 2.77. The minimum absolute atomic E-state index is 0.389. The van der Waals surface area contributed by atoms with E-state index in [0.29, 0.717) is 17.1 Å². The van der Waals surface area contributed by atoms with Crippen molar-refractivity contribution in [3.05, 3.63) is 24.3 Å². The highest BCUT2D eigenvalue weighted by Gasteiger charge is 2.09. The number of carbonyl (C=O) groups is 2. The van der Waals surface area contributed by atoms with Crippen molar-refractivity contribution in [1.29, 1.82) is 0 Å². The summed E-state index contributed by atoms with van der Waals surface area (Å²) in [6, 6.07) is 6.64. The average molecular weight is 232 g/mol. The molecule has 0 aliphatic heterocycles. The van der Waals surface area contributed by atoms with Crippen LogP contribution in [0.25, 0.3) is 11.4 Å². The molecular formula is C9H8N6O2. The van der Waals surface area contributed by atoms with Crippen LogP contribution in [0.3, 0.4) is 0 Å². The monoisotopic (exact) mass is 232 g/mol. The second-order valence-corrected chi connectivity index (χ2v) is 3.13. The topological polar surface area (TPSA) is 127 Å². The molecule has 1 aromatic carbocycles. The SMILES string of the molecule is NC(=O)C(=O)Nc1cccc(-c2nn[nH]n2)c1. The van der Waals surface area contributed by atoms with Crippen LogP contribution in [0.2, 0.25) is 0 Å². The van der Waals surface area contributed by atoms with Crippen molar-refractivity contribution in [3.8, 4) is 11.4 Å². The maximum atomic E-state index is 11.1. The first kappa shape index (κ1) is 10.7. The number of anilines is 1. The van der Waals surface area contributed by atoms with Crippen molar-refractivity contribution in [2.45, 2.75) is 0 Å². The molecule has 86 valence electrons. The van der Waals surface area contributed by atoms with Gasteiger partial charge in [-0.3, -0.25) is 9.59 Å². The van der Waals surface area contributed by atoms with Gasteiger partial charge in [-0.15, -0.1) is 10.2 Å². The van der Waals surface area contributed by atoms with Crippen molar-refractivity contribution < 1.29 is 9.59 Å². The van der Waals surface area contributed by atoms with Gasteiger partial charge < -0.3 is 11.1 Å². The molecule has 0 fully saturated rings. The summed E-state index contributed by atoms with van der Waals surface area (Å²) in [5.74, 6) is -1.54. The maximum Gasteiger partial charge on any atom is 0.313 e. The van der Waals surface area contributed by atoms with Gasteiger partial charge in [-0.1, -0.05) is 12.1 Å². The summed E-state index contributed by atoms with van der Waals surface area (Å²) in [5.41, 5.74) is 5.91. The zero-order valence-corrected chi connectivity index (χ0v) is 8.54. The average Bonchev–Trinajstić information content (AvgIpc) is 2.82. The highest BCUT2D eigenvalue weighted by Crippen LogP contribution is 2.17. The molecule has 0 aliphatic rings. The number of amides is 2. The molecule has 0 atom stereocenters. The number of primary amides is 1. The van der Waals surface area contributed by atoms with E-state index in [9.17, 15) is 9.59 Å². The normalized spacial score (nSPS) is 9.88. The van der Waals surface area contributed by atoms with Crippen molar-refractivity contribution in [2.24, 2.45) is 5.73 Å². The number of rotatable bonds is 2. The third kappa shape index (κ3) is 2.43. The fourth-order valence-electron chi connectivity index (χ4n) is 1.21. The van der Waals surface area contributed by atoms with E-state index in [1.165, 1.54) is 0 Å². The fourth-order valence-corrected chi connectivity index (χ4v) is 1.21. The Morgan fingerprint density at radius 1 is 1.35 bits per heavy atom. The molecule has 0 aliphatic carbocycles. The number of H-pyrrole nitrogens is 1. The van der Waals surface area contributed by atoms with Gasteiger partial charge in [0.2, 0.25) is 5.82 Å². The van der Waals surface area contributed by atoms with Crippen molar-refractivity contribution in [1.82, 2.24) is 20.6 Å². The van der Waals surface area contributed by atoms with Crippen LogP contribution in [0.5, 0.6) is 0 Å². The maximum absolute atomic E-state index is 11.1. The lowest BCUT2D eigenvalue weighted by Gasteiger charge is -2.03. The van der Waals surface area contributed by atoms with Crippen LogP contribution in [0.4, 0.5) is 5.69 Å². The number of hydrogen-bond donors (Lipinski definition) is 3. The lowest BCUT2D eigenvalue weighted by atomic mass is 10.2. The molecule has 0 bridgehead atoms. The third-order valence-electron chi connectivity index (χ3n) is 1.95. The Hall–Kier alpha value is -2.77. The van der Waals surface area contributed by atoms with Gasteiger partial charge in [0.15, 0.2) is 0 Å². The molecule has 0 radical (unpaired) electrons. The van der Waals surface area contributed by atoms with E-state index in [4.69, 9.17) is 5.73 Å². The Bertz CT molecular complexity index is 550. The quantitative estimate of drug-likeness (QED) is 0.589. The molecule has 17 heavy (non-hydrogen) atoms. The number of carbonyl (C=O) groups excluding carboxylic acids is 2. The molecule has 1 heterocycles. The van der Waals surface area contributed by atoms with Gasteiger partial charge >= 0.3 is 11.8 Å². The second kappa shape index (κ2) is 4.39. The minimum atomic E-state index is -1.05. The first-order valence-corrected chi connectivity index (χ1v) is 4.61. The Labute approximate surface area is 95.2 Å². The zero-order valence-electron chi connectivity index (χ0n) is 8.54. The highest BCUT2D eigenvalue weighted by molar-refractivity contribution is 6.39. The van der Waals surface area contributed by atoms with E-state index in [0.717, 1.165) is 0 Å². The number of nitrogens with zero attached hydrogens (tertiary/aromatic N) is 3. The molecule has 8 heteroatoms. The Morgan fingerprint density at radius 3 is 2.82 bits per heavy atom. The summed E-state index contributed by atoms with van der Waals surface area (Å²) in [4.78, 5) is 21.7. The molecule has 8 nitrogen and oxygen atoms in total. The van der Waals surface area contributed by atoms with Crippen LogP contribution < -0.4 is 11.1 Å². The summed E-state index contributed by atoms with van der Waals surface area (Å²) >= 11 is 0. The first-order valence-electron chi connectivity index (χ1n) is 4.61. The standard InChI is InChI=1S/C9H8N6O2/c10-7(16)9(17)11-6-3-1-2-5(4-6)8-12-14-15-13-8/h1-4H,(H2,10,16)(H,11,17)(H,12,13,14,15). The Morgan fingerprint density at radius 2 is 2.18 bits per heavy atom. The molecule has 2 rings (SSSR count). The molecular weight excluding hydrogens is 224 g/mol. The van der Waals surface area contributed by atoms with Crippen LogP contribution in [0.15, 0.2) is 24.3 Å². The van der Waals surface area contributed by atoms with E-state index >= 15 is 0 Å². The molecule has 2 aromatic rings. The molecule has 0 unspecified atom stereocenters. The van der Waals surface area contributed by atoms with Crippen molar-refractivity contribution >= 4 is 17.5 Å². The van der Waals surface area contributed by atoms with E-state index in [-0.39, 0.29) is 0 Å². The van der Waals surface area contributed by atoms with E-state index < -0.39 is 11.8 Å². The van der Waals surface area contributed by atoms with Gasteiger partial charge in [-0.2, -0.15) is 5.21 Å². The van der Waals surface area contributed by atoms with Gasteiger partial charge in [-0.25, -0.2) is 0 Å². The van der Waals surface area contributed by atoms with Crippen LogP contribution in [-0.2, 0) is 9.59 Å². The number of tetrazole rings is 1. The number of nitrogens with one attached hydrogen (secondary N) is 2. The minimum Gasteiger partial charge on any atom is -0.361 e. The molecule has 0 saturated carbocycles. The molecule has 2 amide bonds. The molecule has 0 saturated heterocycles. The van der Waals surface area contributed by atoms with Crippen molar-refractivity contribution in [3.63, 3.8) is 0 Å². The smallest absolute Gasteiger partial charge is 0.313 e. The van der Waals surface area contributed by atoms with E-state index in [1.807, 2.05) is 0 Å². The molecule has 1 aromatic heterocycles. The molecule has 0 spiro atoms. The first-order chi connectivity index (χ1) is 8.16. The summed E-state index contributed by atoms with van der Waals surface area (Å²) in [7, 11) is 0. The van der Waals surface area contributed by atoms with Crippen LogP contribution in [0.1, 0.15) is 0 Å². The van der Waals surface area contributed by atoms with Crippen LogP contribution >= 0.6 is 0 Å². The lowest BCUT2D eigenvalue weighted by molar-refractivity contribution is -0.134. The second-order valence-electron chi connectivity index (χ2n) is 3.13. The zero-order chi connectivity index (χ0) is 12.3. The van der Waals surface area contributed by atoms with Gasteiger partial charge in [0.25, 0.3) is 0 Å². The predicted octanol–water partition coefficient (Wildman–Crippen LogP) is -0.710. The van der Waals surface area contributed by atoms with Gasteiger partial charge in [0.05, 0.1) is 0 Å². The van der Waals surface area contributed by atoms with E-state index in [1.54, 1.807) is 24.3 Å². The fraction of sp³-hybridized carbons (Fsp3) is 0.